The summed E-state index contributed by atoms with van der Waals surface area (Å²) >= 11 is 0. The maximum atomic E-state index is 11.4. The van der Waals surface area contributed by atoms with Crippen LogP contribution in [-0.2, 0) is 0 Å². The Balaban J connectivity index is 2.07. The van der Waals surface area contributed by atoms with Crippen molar-refractivity contribution in [1.29, 1.82) is 0 Å². The maximum Gasteiger partial charge on any atom is 0.335 e. The lowest BCUT2D eigenvalue weighted by atomic mass is 10.1. The van der Waals surface area contributed by atoms with Crippen molar-refractivity contribution in [2.75, 3.05) is 0 Å². The van der Waals surface area contributed by atoms with Crippen LogP contribution in [0.3, 0.4) is 0 Å². The van der Waals surface area contributed by atoms with Crippen LogP contribution in [0.1, 0.15) is 10.4 Å². The van der Waals surface area contributed by atoms with Crippen LogP contribution in [0.4, 0.5) is 5.69 Å². The van der Waals surface area contributed by atoms with E-state index in [2.05, 4.69) is 15.1 Å². The third-order valence-corrected chi connectivity index (χ3v) is 4.05. The lowest BCUT2D eigenvalue weighted by Gasteiger charge is -1.98. The molecule has 0 radical (unpaired) electrons. The zero-order valence-electron chi connectivity index (χ0n) is 12.2. The number of aromatic amines is 2. The molecule has 118 valence electrons. The Kier molecular flexibility index (Phi) is 2.89. The van der Waals surface area contributed by atoms with Crippen LogP contribution in [0, 0.1) is 4.91 Å². The minimum Gasteiger partial charge on any atom is -0.494 e. The number of hydrogen-bond acceptors (Lipinski definition) is 4. The van der Waals surface area contributed by atoms with Gasteiger partial charge in [-0.1, -0.05) is 18.2 Å². The summed E-state index contributed by atoms with van der Waals surface area (Å²) in [5.74, 6) is -1.18. The van der Waals surface area contributed by atoms with Gasteiger partial charge in [0.15, 0.2) is 5.88 Å². The van der Waals surface area contributed by atoms with Gasteiger partial charge in [0.2, 0.25) is 0 Å². The van der Waals surface area contributed by atoms with Gasteiger partial charge in [-0.3, -0.25) is 0 Å². The summed E-state index contributed by atoms with van der Waals surface area (Å²) in [5.41, 5.74) is 2.17. The molecule has 2 aromatic carbocycles. The Morgan fingerprint density at radius 3 is 2.50 bits per heavy atom. The van der Waals surface area contributed by atoms with Gasteiger partial charge in [0.05, 0.1) is 16.8 Å². The highest BCUT2D eigenvalue weighted by Crippen LogP contribution is 2.44. The van der Waals surface area contributed by atoms with Gasteiger partial charge < -0.3 is 20.2 Å². The Morgan fingerprint density at radius 1 is 1.00 bits per heavy atom. The van der Waals surface area contributed by atoms with Gasteiger partial charge in [0.25, 0.3) is 0 Å². The van der Waals surface area contributed by atoms with Crippen LogP contribution >= 0.6 is 0 Å². The molecule has 7 nitrogen and oxygen atoms in total. The zero-order valence-corrected chi connectivity index (χ0v) is 12.2. The van der Waals surface area contributed by atoms with Crippen molar-refractivity contribution in [2.45, 2.75) is 0 Å². The van der Waals surface area contributed by atoms with E-state index in [1.807, 2.05) is 18.2 Å². The van der Waals surface area contributed by atoms with Crippen LogP contribution in [0.25, 0.3) is 33.1 Å². The summed E-state index contributed by atoms with van der Waals surface area (Å²) in [6, 6.07) is 11.7. The van der Waals surface area contributed by atoms with Crippen LogP contribution < -0.4 is 0 Å². The number of para-hydroxylation sites is 1. The zero-order chi connectivity index (χ0) is 16.8. The lowest BCUT2D eigenvalue weighted by molar-refractivity contribution is 0.0697. The number of carbonyl (C=O) groups is 1. The molecule has 0 saturated carbocycles. The highest BCUT2D eigenvalue weighted by atomic mass is 16.4. The maximum absolute atomic E-state index is 11.4. The largest absolute Gasteiger partial charge is 0.494 e. The topological polar surface area (TPSA) is 119 Å². The molecule has 4 rings (SSSR count). The average molecular weight is 321 g/mol. The van der Waals surface area contributed by atoms with Gasteiger partial charge in [-0.25, -0.2) is 4.79 Å². The smallest absolute Gasteiger partial charge is 0.335 e. The molecule has 0 unspecified atom stereocenters. The number of rotatable bonds is 3. The van der Waals surface area contributed by atoms with E-state index in [0.29, 0.717) is 27.7 Å². The van der Waals surface area contributed by atoms with Crippen LogP contribution in [0.2, 0.25) is 0 Å². The third kappa shape index (κ3) is 1.88. The highest BCUT2D eigenvalue weighted by molar-refractivity contribution is 6.08. The molecule has 4 aromatic rings. The van der Waals surface area contributed by atoms with Crippen molar-refractivity contribution in [3.05, 3.63) is 52.9 Å². The number of nitrogens with one attached hydrogen (secondary N) is 2. The van der Waals surface area contributed by atoms with E-state index in [9.17, 15) is 14.8 Å². The fraction of sp³-hybridized carbons (Fsp3) is 0. The first-order valence-corrected chi connectivity index (χ1v) is 7.12. The molecular weight excluding hydrogens is 310 g/mol. The van der Waals surface area contributed by atoms with Gasteiger partial charge in [-0.15, -0.1) is 4.91 Å². The van der Waals surface area contributed by atoms with Crippen molar-refractivity contribution in [1.82, 2.24) is 9.97 Å². The number of hydrogen-bond donors (Lipinski definition) is 4. The number of nitroso groups, excluding NO2 is 1. The number of carboxylic acids is 1. The second-order valence-electron chi connectivity index (χ2n) is 5.40. The molecular formula is C17H11N3O4. The number of benzene rings is 2. The summed E-state index contributed by atoms with van der Waals surface area (Å²) in [6.45, 7) is 0. The molecule has 24 heavy (non-hydrogen) atoms. The van der Waals surface area contributed by atoms with Crippen molar-refractivity contribution in [2.24, 2.45) is 5.18 Å². The number of aromatic carboxylic acids is 1. The molecule has 2 heterocycles. The summed E-state index contributed by atoms with van der Waals surface area (Å²) in [6.07, 6.45) is 0. The molecule has 0 aliphatic heterocycles. The molecule has 0 spiro atoms. The van der Waals surface area contributed by atoms with E-state index in [1.54, 1.807) is 12.1 Å². The molecule has 0 atom stereocenters. The fourth-order valence-corrected chi connectivity index (χ4v) is 2.97. The van der Waals surface area contributed by atoms with Gasteiger partial charge in [-0.05, 0) is 29.4 Å². The molecule has 0 bridgehead atoms. The minimum atomic E-state index is -1.09. The Morgan fingerprint density at radius 2 is 1.75 bits per heavy atom. The Hall–Kier alpha value is -3.61. The Labute approximate surface area is 134 Å². The van der Waals surface area contributed by atoms with Crippen molar-refractivity contribution < 1.29 is 15.0 Å². The van der Waals surface area contributed by atoms with Crippen LogP contribution in [-0.4, -0.2) is 26.2 Å². The first-order chi connectivity index (χ1) is 11.6. The molecule has 4 N–H and O–H groups in total. The monoisotopic (exact) mass is 321 g/mol. The van der Waals surface area contributed by atoms with Gasteiger partial charge >= 0.3 is 5.97 Å². The second-order valence-corrected chi connectivity index (χ2v) is 5.40. The van der Waals surface area contributed by atoms with Gasteiger partial charge in [0.1, 0.15) is 5.69 Å². The standard InChI is InChI=1S/C17H11N3O4/c21-16-13(9-3-1-2-4-11(9)19-16)15-14(20-24)10-7-8(17(22)23)5-6-12(10)18-15/h1-7,18-19,21H,(H,22,23). The number of nitrogens with zero attached hydrogens (tertiary/aromatic N) is 1. The SMILES string of the molecule is O=Nc1c(-c2c(O)[nH]c3ccccc23)[nH]c2ccc(C(=O)O)cc12. The van der Waals surface area contributed by atoms with Crippen molar-refractivity contribution in [3.63, 3.8) is 0 Å². The summed E-state index contributed by atoms with van der Waals surface area (Å²) < 4.78 is 0. The molecule has 0 fully saturated rings. The molecule has 0 aliphatic carbocycles. The summed E-state index contributed by atoms with van der Waals surface area (Å²) in [7, 11) is 0. The summed E-state index contributed by atoms with van der Waals surface area (Å²) in [4.78, 5) is 28.5. The number of aromatic hydroxyl groups is 1. The van der Waals surface area contributed by atoms with E-state index >= 15 is 0 Å². The fourth-order valence-electron chi connectivity index (χ4n) is 2.97. The predicted octanol–water partition coefficient (Wildman–Crippen LogP) is 4.12. The minimum absolute atomic E-state index is 0.0566. The van der Waals surface area contributed by atoms with Crippen molar-refractivity contribution >= 4 is 33.5 Å². The van der Waals surface area contributed by atoms with E-state index in [1.165, 1.54) is 12.1 Å². The molecule has 0 amide bonds. The number of aromatic nitrogens is 2. The lowest BCUT2D eigenvalue weighted by Crippen LogP contribution is -1.94. The summed E-state index contributed by atoms with van der Waals surface area (Å²) in [5, 5.41) is 23.6. The van der Waals surface area contributed by atoms with E-state index in [0.717, 1.165) is 5.39 Å². The molecule has 7 heteroatoms. The normalized spacial score (nSPS) is 11.2. The van der Waals surface area contributed by atoms with Gasteiger partial charge in [0, 0.05) is 21.8 Å². The van der Waals surface area contributed by atoms with Crippen molar-refractivity contribution in [3.8, 4) is 17.1 Å². The van der Waals surface area contributed by atoms with Crippen LogP contribution in [0.15, 0.2) is 47.6 Å². The third-order valence-electron chi connectivity index (χ3n) is 4.05. The molecule has 0 saturated heterocycles. The number of fused-ring (bicyclic) bond motifs is 2. The quantitative estimate of drug-likeness (QED) is 0.424. The predicted molar refractivity (Wildman–Crippen MR) is 89.7 cm³/mol. The number of carboxylic acid groups (broad SMARTS) is 1. The molecule has 2 aromatic heterocycles. The second kappa shape index (κ2) is 4.95. The first-order valence-electron chi connectivity index (χ1n) is 7.12. The first kappa shape index (κ1) is 14.0. The number of H-pyrrole nitrogens is 2. The molecule has 0 aliphatic rings. The Bertz CT molecular complexity index is 1120. The van der Waals surface area contributed by atoms with E-state index in [4.69, 9.17) is 5.11 Å². The van der Waals surface area contributed by atoms with Gasteiger partial charge in [-0.2, -0.15) is 0 Å². The van der Waals surface area contributed by atoms with E-state index < -0.39 is 5.97 Å². The van der Waals surface area contributed by atoms with Crippen LogP contribution in [0.5, 0.6) is 5.88 Å². The highest BCUT2D eigenvalue weighted by Gasteiger charge is 2.21. The average Bonchev–Trinajstić information content (AvgIpc) is 3.09. The van der Waals surface area contributed by atoms with E-state index in [-0.39, 0.29) is 17.1 Å².